The quantitative estimate of drug-likeness (QED) is 0.434. The third-order valence-corrected chi connectivity index (χ3v) is 6.02. The molecule has 0 bridgehead atoms. The minimum absolute atomic E-state index is 0.0446. The molecule has 0 fully saturated rings. The van der Waals surface area contributed by atoms with E-state index in [0.717, 1.165) is 16.0 Å². The van der Waals surface area contributed by atoms with Gasteiger partial charge in [-0.05, 0) is 68.3 Å². The maximum Gasteiger partial charge on any atom is 0.283 e. The van der Waals surface area contributed by atoms with Crippen LogP contribution >= 0.6 is 11.6 Å². The highest BCUT2D eigenvalue weighted by Gasteiger charge is 2.39. The number of nitrogens with one attached hydrogen (secondary N) is 2. The van der Waals surface area contributed by atoms with E-state index in [4.69, 9.17) is 16.3 Å². The van der Waals surface area contributed by atoms with Crippen LogP contribution in [0.15, 0.2) is 77.5 Å². The fourth-order valence-corrected chi connectivity index (χ4v) is 3.95. The van der Waals surface area contributed by atoms with Gasteiger partial charge in [-0.15, -0.1) is 0 Å². The van der Waals surface area contributed by atoms with Gasteiger partial charge in [-0.3, -0.25) is 14.4 Å². The molecule has 4 rings (SSSR count). The number of anilines is 3. The first-order chi connectivity index (χ1) is 16.8. The molecule has 1 aliphatic rings. The van der Waals surface area contributed by atoms with E-state index in [-0.39, 0.29) is 16.6 Å². The lowest BCUT2D eigenvalue weighted by atomic mass is 10.1. The molecule has 1 aliphatic heterocycles. The Balaban J connectivity index is 1.56. The molecule has 0 aliphatic carbocycles. The summed E-state index contributed by atoms with van der Waals surface area (Å²) in [5.41, 5.74) is 3.53. The van der Waals surface area contributed by atoms with E-state index >= 15 is 0 Å². The number of benzene rings is 3. The monoisotopic (exact) mass is 489 g/mol. The van der Waals surface area contributed by atoms with Crippen LogP contribution in [0, 0.1) is 13.8 Å². The Morgan fingerprint density at radius 1 is 0.971 bits per heavy atom. The summed E-state index contributed by atoms with van der Waals surface area (Å²) in [5.74, 6) is -0.952. The van der Waals surface area contributed by atoms with Gasteiger partial charge in [-0.25, -0.2) is 4.90 Å². The van der Waals surface area contributed by atoms with Crippen molar-refractivity contribution in [1.29, 1.82) is 0 Å². The first-order valence-electron chi connectivity index (χ1n) is 11.1. The summed E-state index contributed by atoms with van der Waals surface area (Å²) in [6.07, 6.45) is 0. The average Bonchev–Trinajstić information content (AvgIpc) is 3.05. The molecule has 178 valence electrons. The molecular weight excluding hydrogens is 466 g/mol. The molecule has 2 N–H and O–H groups in total. The predicted molar refractivity (Wildman–Crippen MR) is 137 cm³/mol. The molecule has 3 aromatic carbocycles. The normalized spacial score (nSPS) is 13.3. The van der Waals surface area contributed by atoms with Gasteiger partial charge in [0.25, 0.3) is 17.7 Å². The largest absolute Gasteiger partial charge is 0.492 e. The zero-order valence-corrected chi connectivity index (χ0v) is 20.3. The van der Waals surface area contributed by atoms with Gasteiger partial charge >= 0.3 is 0 Å². The Hall–Kier alpha value is -4.10. The van der Waals surface area contributed by atoms with Crippen molar-refractivity contribution in [2.24, 2.45) is 0 Å². The molecular formula is C27H24ClN3O4. The molecule has 0 atom stereocenters. The van der Waals surface area contributed by atoms with Crippen molar-refractivity contribution in [3.8, 4) is 5.75 Å². The van der Waals surface area contributed by atoms with Gasteiger partial charge in [0, 0.05) is 11.3 Å². The number of hydrogen-bond donors (Lipinski definition) is 2. The second-order valence-electron chi connectivity index (χ2n) is 7.94. The summed E-state index contributed by atoms with van der Waals surface area (Å²) in [6.45, 7) is 6.08. The number of carbonyl (C=O) groups is 3. The van der Waals surface area contributed by atoms with Gasteiger partial charge < -0.3 is 15.4 Å². The molecule has 1 heterocycles. The molecule has 35 heavy (non-hydrogen) atoms. The molecule has 3 aromatic rings. The van der Waals surface area contributed by atoms with Crippen LogP contribution in [-0.4, -0.2) is 24.3 Å². The van der Waals surface area contributed by atoms with E-state index in [2.05, 4.69) is 10.6 Å². The topological polar surface area (TPSA) is 87.7 Å². The summed E-state index contributed by atoms with van der Waals surface area (Å²) < 4.78 is 5.56. The van der Waals surface area contributed by atoms with Crippen molar-refractivity contribution in [2.75, 3.05) is 22.1 Å². The Bertz CT molecular complexity index is 1370. The second-order valence-corrected chi connectivity index (χ2v) is 8.32. The smallest absolute Gasteiger partial charge is 0.283 e. The molecule has 0 saturated heterocycles. The summed E-state index contributed by atoms with van der Waals surface area (Å²) >= 11 is 6.28. The lowest BCUT2D eigenvalue weighted by molar-refractivity contribution is -0.120. The van der Waals surface area contributed by atoms with E-state index in [0.29, 0.717) is 35.0 Å². The van der Waals surface area contributed by atoms with Crippen LogP contribution in [0.2, 0.25) is 0 Å². The molecule has 8 heteroatoms. The number of rotatable bonds is 7. The number of halogens is 1. The van der Waals surface area contributed by atoms with E-state index in [9.17, 15) is 14.4 Å². The van der Waals surface area contributed by atoms with Crippen LogP contribution in [0.3, 0.4) is 0 Å². The van der Waals surface area contributed by atoms with Crippen molar-refractivity contribution in [2.45, 2.75) is 20.8 Å². The molecule has 0 spiro atoms. The summed E-state index contributed by atoms with van der Waals surface area (Å²) in [5, 5.41) is 5.55. The number of carbonyl (C=O) groups excluding carboxylic acids is 3. The zero-order chi connectivity index (χ0) is 25.1. The van der Waals surface area contributed by atoms with Crippen LogP contribution < -0.4 is 20.3 Å². The maximum atomic E-state index is 13.2. The van der Waals surface area contributed by atoms with Crippen molar-refractivity contribution in [1.82, 2.24) is 0 Å². The Morgan fingerprint density at radius 2 is 1.71 bits per heavy atom. The second kappa shape index (κ2) is 10.0. The lowest BCUT2D eigenvalue weighted by Crippen LogP contribution is -2.33. The number of amides is 3. The van der Waals surface area contributed by atoms with Crippen LogP contribution in [0.25, 0.3) is 0 Å². The maximum absolute atomic E-state index is 13.2. The van der Waals surface area contributed by atoms with Gasteiger partial charge in [-0.1, -0.05) is 41.9 Å². The number of aryl methyl sites for hydroxylation is 1. The third kappa shape index (κ3) is 4.76. The number of nitrogens with zero attached hydrogens (tertiary/aromatic N) is 1. The molecule has 0 radical (unpaired) electrons. The SMILES string of the molecule is CCOc1ccccc1NC(=O)c1cccc(NC2=C(Cl)C(=O)N(c3cccc(C)c3C)C2=O)c1. The van der Waals surface area contributed by atoms with E-state index < -0.39 is 11.8 Å². The van der Waals surface area contributed by atoms with Crippen LogP contribution in [0.1, 0.15) is 28.4 Å². The van der Waals surface area contributed by atoms with E-state index in [1.54, 1.807) is 54.6 Å². The number of ether oxygens (including phenoxy) is 1. The number of hydrogen-bond acceptors (Lipinski definition) is 5. The minimum atomic E-state index is -0.603. The molecule has 0 unspecified atom stereocenters. The Morgan fingerprint density at radius 3 is 2.49 bits per heavy atom. The van der Waals surface area contributed by atoms with Gasteiger partial charge in [0.15, 0.2) is 0 Å². The van der Waals surface area contributed by atoms with Gasteiger partial charge in [-0.2, -0.15) is 0 Å². The summed E-state index contributed by atoms with van der Waals surface area (Å²) in [6, 6.07) is 19.1. The average molecular weight is 490 g/mol. The molecule has 0 saturated carbocycles. The number of para-hydroxylation sites is 2. The molecule has 7 nitrogen and oxygen atoms in total. The molecule has 0 aromatic heterocycles. The van der Waals surface area contributed by atoms with Crippen LogP contribution in [-0.2, 0) is 9.59 Å². The van der Waals surface area contributed by atoms with E-state index in [1.165, 1.54) is 0 Å². The van der Waals surface area contributed by atoms with Crippen molar-refractivity contribution >= 4 is 46.4 Å². The zero-order valence-electron chi connectivity index (χ0n) is 19.5. The van der Waals surface area contributed by atoms with Gasteiger partial charge in [0.1, 0.15) is 16.5 Å². The first kappa shape index (κ1) is 24.0. The highest BCUT2D eigenvalue weighted by Crippen LogP contribution is 2.33. The fraction of sp³-hybridized carbons (Fsp3) is 0.148. The standard InChI is InChI=1S/C27H24ClN3O4/c1-4-35-22-14-6-5-12-20(22)30-25(32)18-10-8-11-19(15-18)29-24-23(28)26(33)31(27(24)34)21-13-7-9-16(2)17(21)3/h5-15,29H,4H2,1-3H3,(H,30,32). The van der Waals surface area contributed by atoms with Crippen molar-refractivity contribution in [3.63, 3.8) is 0 Å². The lowest BCUT2D eigenvalue weighted by Gasteiger charge is -2.18. The fourth-order valence-electron chi connectivity index (χ4n) is 3.74. The van der Waals surface area contributed by atoms with Crippen LogP contribution in [0.5, 0.6) is 5.75 Å². The summed E-state index contributed by atoms with van der Waals surface area (Å²) in [4.78, 5) is 40.0. The van der Waals surface area contributed by atoms with Crippen molar-refractivity contribution < 1.29 is 19.1 Å². The third-order valence-electron chi connectivity index (χ3n) is 5.67. The van der Waals surface area contributed by atoms with Crippen LogP contribution in [0.4, 0.5) is 17.1 Å². The Kier molecular flexibility index (Phi) is 6.89. The first-order valence-corrected chi connectivity index (χ1v) is 11.4. The highest BCUT2D eigenvalue weighted by molar-refractivity contribution is 6.53. The Labute approximate surface area is 208 Å². The van der Waals surface area contributed by atoms with E-state index in [1.807, 2.05) is 32.9 Å². The number of imide groups is 1. The predicted octanol–water partition coefficient (Wildman–Crippen LogP) is 5.39. The summed E-state index contributed by atoms with van der Waals surface area (Å²) in [7, 11) is 0. The van der Waals surface area contributed by atoms with Gasteiger partial charge in [0.05, 0.1) is 18.0 Å². The van der Waals surface area contributed by atoms with Crippen molar-refractivity contribution in [3.05, 3.63) is 94.1 Å². The van der Waals surface area contributed by atoms with Gasteiger partial charge in [0.2, 0.25) is 0 Å². The minimum Gasteiger partial charge on any atom is -0.492 e. The highest BCUT2D eigenvalue weighted by atomic mass is 35.5. The molecule has 3 amide bonds.